The van der Waals surface area contributed by atoms with Gasteiger partial charge in [0.15, 0.2) is 17.5 Å². The molecule has 0 unspecified atom stereocenters. The van der Waals surface area contributed by atoms with Gasteiger partial charge in [-0.2, -0.15) is 0 Å². The predicted octanol–water partition coefficient (Wildman–Crippen LogP) is 12.4. The first-order valence-corrected chi connectivity index (χ1v) is 17.2. The van der Waals surface area contributed by atoms with Crippen LogP contribution in [0, 0.1) is 0 Å². The lowest BCUT2D eigenvalue weighted by atomic mass is 9.95. The van der Waals surface area contributed by atoms with Crippen LogP contribution in [-0.4, -0.2) is 15.0 Å². The van der Waals surface area contributed by atoms with Crippen molar-refractivity contribution < 1.29 is 0 Å². The summed E-state index contributed by atoms with van der Waals surface area (Å²) in [5.74, 6) is 1.96. The molecule has 0 saturated carbocycles. The third kappa shape index (κ3) is 4.85. The molecule has 0 radical (unpaired) electrons. The van der Waals surface area contributed by atoms with E-state index < -0.39 is 0 Å². The highest BCUT2D eigenvalue weighted by Gasteiger charge is 2.17. The maximum atomic E-state index is 5.21. The van der Waals surface area contributed by atoms with Gasteiger partial charge in [0.2, 0.25) is 0 Å². The molecule has 10 aromatic rings. The molecule has 49 heavy (non-hydrogen) atoms. The van der Waals surface area contributed by atoms with Crippen LogP contribution >= 0.6 is 11.3 Å². The van der Waals surface area contributed by atoms with Crippen LogP contribution in [0.3, 0.4) is 0 Å². The molecule has 0 aliphatic rings. The molecule has 4 heteroatoms. The van der Waals surface area contributed by atoms with Crippen LogP contribution in [-0.2, 0) is 0 Å². The van der Waals surface area contributed by atoms with E-state index in [4.69, 9.17) is 15.0 Å². The Kier molecular flexibility index (Phi) is 6.36. The lowest BCUT2D eigenvalue weighted by molar-refractivity contribution is 1.08. The van der Waals surface area contributed by atoms with Crippen LogP contribution in [0.1, 0.15) is 0 Å². The third-order valence-electron chi connectivity index (χ3n) is 9.47. The minimum absolute atomic E-state index is 0.653. The third-order valence-corrected chi connectivity index (χ3v) is 10.6. The standard InChI is InChI=1S/C45H27N3S/c1-3-11-30-23-34(19-17-28(30)9-1)43-46-44(35-20-18-29-10-2-4-12-31(29)24-35)48-45(47-43)40-26-36(25-33-13-5-6-14-37(33)40)32-21-22-39-38-15-7-8-16-41(38)49-42(39)27-32/h1-27H. The molecule has 0 aliphatic carbocycles. The van der Waals surface area contributed by atoms with Gasteiger partial charge in [-0.25, -0.2) is 15.0 Å². The maximum Gasteiger partial charge on any atom is 0.164 e. The average molecular weight is 642 g/mol. The number of fused-ring (bicyclic) bond motifs is 6. The second-order valence-corrected chi connectivity index (χ2v) is 13.6. The van der Waals surface area contributed by atoms with Gasteiger partial charge in [0, 0.05) is 36.9 Å². The normalized spacial score (nSPS) is 11.7. The van der Waals surface area contributed by atoms with Crippen LogP contribution in [0.2, 0.25) is 0 Å². The van der Waals surface area contributed by atoms with Gasteiger partial charge in [0.05, 0.1) is 0 Å². The lowest BCUT2D eigenvalue weighted by Crippen LogP contribution is -2.01. The van der Waals surface area contributed by atoms with E-state index >= 15 is 0 Å². The highest BCUT2D eigenvalue weighted by Crippen LogP contribution is 2.39. The Morgan fingerprint density at radius 2 is 0.816 bits per heavy atom. The molecule has 228 valence electrons. The summed E-state index contributed by atoms with van der Waals surface area (Å²) < 4.78 is 2.59. The second kappa shape index (κ2) is 11.2. The fourth-order valence-electron chi connectivity index (χ4n) is 6.98. The molecule has 3 nitrogen and oxygen atoms in total. The van der Waals surface area contributed by atoms with Gasteiger partial charge in [-0.3, -0.25) is 0 Å². The molecular weight excluding hydrogens is 615 g/mol. The molecular formula is C45H27N3S. The lowest BCUT2D eigenvalue weighted by Gasteiger charge is -2.13. The number of nitrogens with zero attached hydrogens (tertiary/aromatic N) is 3. The summed E-state index contributed by atoms with van der Waals surface area (Å²) in [6, 6.07) is 58.2. The first kappa shape index (κ1) is 27.8. The van der Waals surface area contributed by atoms with Crippen molar-refractivity contribution in [2.24, 2.45) is 0 Å². The van der Waals surface area contributed by atoms with Gasteiger partial charge in [-0.1, -0.05) is 127 Å². The zero-order valence-corrected chi connectivity index (χ0v) is 27.2. The molecule has 0 saturated heterocycles. The Bertz CT molecular complexity index is 2810. The van der Waals surface area contributed by atoms with E-state index in [9.17, 15) is 0 Å². The summed E-state index contributed by atoms with van der Waals surface area (Å²) in [6.45, 7) is 0. The monoisotopic (exact) mass is 641 g/mol. The second-order valence-electron chi connectivity index (χ2n) is 12.5. The van der Waals surface area contributed by atoms with Crippen molar-refractivity contribution in [3.05, 3.63) is 164 Å². The first-order valence-electron chi connectivity index (χ1n) is 16.4. The van der Waals surface area contributed by atoms with Gasteiger partial charge in [-0.15, -0.1) is 11.3 Å². The fraction of sp³-hybridized carbons (Fsp3) is 0. The maximum absolute atomic E-state index is 5.21. The number of rotatable bonds is 4. The average Bonchev–Trinajstić information content (AvgIpc) is 3.55. The van der Waals surface area contributed by atoms with Gasteiger partial charge in [0.25, 0.3) is 0 Å². The topological polar surface area (TPSA) is 38.7 Å². The van der Waals surface area contributed by atoms with Crippen molar-refractivity contribution in [3.8, 4) is 45.3 Å². The van der Waals surface area contributed by atoms with E-state index in [2.05, 4.69) is 164 Å². The van der Waals surface area contributed by atoms with Gasteiger partial charge < -0.3 is 0 Å². The van der Waals surface area contributed by atoms with Crippen molar-refractivity contribution in [3.63, 3.8) is 0 Å². The fourth-order valence-corrected chi connectivity index (χ4v) is 8.12. The SMILES string of the molecule is c1ccc2cc(-c3nc(-c4ccc5ccccc5c4)nc(-c4cc(-c5ccc6c(c5)sc5ccccc56)cc5ccccc45)n3)ccc2c1. The van der Waals surface area contributed by atoms with Crippen LogP contribution < -0.4 is 0 Å². The Morgan fingerprint density at radius 3 is 1.51 bits per heavy atom. The number of hydrogen-bond donors (Lipinski definition) is 0. The Morgan fingerprint density at radius 1 is 0.306 bits per heavy atom. The van der Waals surface area contributed by atoms with Crippen LogP contribution in [0.4, 0.5) is 0 Å². The summed E-state index contributed by atoms with van der Waals surface area (Å²) in [5, 5.41) is 9.52. The molecule has 0 atom stereocenters. The number of benzene rings is 8. The molecule has 0 spiro atoms. The molecule has 8 aromatic carbocycles. The minimum Gasteiger partial charge on any atom is -0.208 e. The number of aromatic nitrogens is 3. The molecule has 0 bridgehead atoms. The van der Waals surface area contributed by atoms with E-state index in [1.807, 2.05) is 11.3 Å². The number of hydrogen-bond acceptors (Lipinski definition) is 4. The van der Waals surface area contributed by atoms with Crippen molar-refractivity contribution in [2.45, 2.75) is 0 Å². The van der Waals surface area contributed by atoms with E-state index in [0.717, 1.165) is 43.8 Å². The van der Waals surface area contributed by atoms with E-state index in [0.29, 0.717) is 17.5 Å². The zero-order chi connectivity index (χ0) is 32.3. The largest absolute Gasteiger partial charge is 0.208 e. The zero-order valence-electron chi connectivity index (χ0n) is 26.3. The molecule has 2 heterocycles. The van der Waals surface area contributed by atoms with E-state index in [-0.39, 0.29) is 0 Å². The summed E-state index contributed by atoms with van der Waals surface area (Å²) in [4.78, 5) is 15.5. The predicted molar refractivity (Wildman–Crippen MR) is 207 cm³/mol. The van der Waals surface area contributed by atoms with Crippen molar-refractivity contribution >= 4 is 63.8 Å². The Hall–Kier alpha value is -6.23. The minimum atomic E-state index is 0.653. The summed E-state index contributed by atoms with van der Waals surface area (Å²) >= 11 is 1.84. The summed E-state index contributed by atoms with van der Waals surface area (Å²) in [7, 11) is 0. The van der Waals surface area contributed by atoms with Crippen molar-refractivity contribution in [1.82, 2.24) is 15.0 Å². The first-order chi connectivity index (χ1) is 24.2. The molecule has 2 aromatic heterocycles. The smallest absolute Gasteiger partial charge is 0.164 e. The quantitative estimate of drug-likeness (QED) is 0.192. The van der Waals surface area contributed by atoms with Crippen LogP contribution in [0.15, 0.2) is 164 Å². The molecule has 10 rings (SSSR count). The van der Waals surface area contributed by atoms with Crippen LogP contribution in [0.5, 0.6) is 0 Å². The van der Waals surface area contributed by atoms with E-state index in [1.165, 1.54) is 36.5 Å². The van der Waals surface area contributed by atoms with Gasteiger partial charge in [0.1, 0.15) is 0 Å². The van der Waals surface area contributed by atoms with Crippen molar-refractivity contribution in [2.75, 3.05) is 0 Å². The number of thiophene rings is 1. The Labute approximate surface area is 286 Å². The van der Waals surface area contributed by atoms with Crippen molar-refractivity contribution in [1.29, 1.82) is 0 Å². The molecule has 0 fully saturated rings. The van der Waals surface area contributed by atoms with E-state index in [1.54, 1.807) is 0 Å². The van der Waals surface area contributed by atoms with Gasteiger partial charge in [-0.05, 0) is 79.8 Å². The Balaban J connectivity index is 1.20. The van der Waals surface area contributed by atoms with Crippen LogP contribution in [0.25, 0.3) is 97.8 Å². The van der Waals surface area contributed by atoms with Gasteiger partial charge >= 0.3 is 0 Å². The molecule has 0 aliphatic heterocycles. The molecule has 0 amide bonds. The highest BCUT2D eigenvalue weighted by molar-refractivity contribution is 7.25. The summed E-state index contributed by atoms with van der Waals surface area (Å²) in [6.07, 6.45) is 0. The molecule has 0 N–H and O–H groups in total. The highest BCUT2D eigenvalue weighted by atomic mass is 32.1. The summed E-state index contributed by atoms with van der Waals surface area (Å²) in [5.41, 5.74) is 5.20.